The predicted molar refractivity (Wildman–Crippen MR) is 96.0 cm³/mol. The molecule has 1 atom stereocenters. The normalized spacial score (nSPS) is 16.3. The number of esters is 1. The standard InChI is InChI=1S/C21H20N2O3/c22-10-9-16-7-4-8-19(11-16)21(25)26-15-18-12-20(24)23(14-18)13-17-5-2-1-3-6-17/h1-8,11,18H,9,12-15H2/t18-/m1/s1. The van der Waals surface area contributed by atoms with Gasteiger partial charge in [-0.05, 0) is 23.3 Å². The minimum absolute atomic E-state index is 0.0115. The molecule has 0 aliphatic carbocycles. The molecule has 0 aromatic heterocycles. The maximum atomic E-state index is 12.2. The number of likely N-dealkylation sites (tertiary alicyclic amines) is 1. The van der Waals surface area contributed by atoms with Crippen LogP contribution in [0.3, 0.4) is 0 Å². The zero-order valence-corrected chi connectivity index (χ0v) is 14.4. The van der Waals surface area contributed by atoms with Gasteiger partial charge in [0.05, 0.1) is 24.7 Å². The van der Waals surface area contributed by atoms with Gasteiger partial charge in [-0.1, -0.05) is 42.5 Å². The minimum atomic E-state index is -0.418. The average molecular weight is 348 g/mol. The van der Waals surface area contributed by atoms with Gasteiger partial charge in [-0.3, -0.25) is 4.79 Å². The first-order chi connectivity index (χ1) is 12.7. The van der Waals surface area contributed by atoms with E-state index in [-0.39, 0.29) is 24.9 Å². The van der Waals surface area contributed by atoms with Gasteiger partial charge in [0.25, 0.3) is 0 Å². The summed E-state index contributed by atoms with van der Waals surface area (Å²) in [6.07, 6.45) is 0.654. The van der Waals surface area contributed by atoms with E-state index < -0.39 is 5.97 Å². The summed E-state index contributed by atoms with van der Waals surface area (Å²) in [6.45, 7) is 1.40. The molecule has 1 aliphatic heterocycles. The van der Waals surface area contributed by atoms with Crippen LogP contribution in [0.5, 0.6) is 0 Å². The number of carbonyl (C=O) groups is 2. The maximum Gasteiger partial charge on any atom is 0.338 e. The van der Waals surface area contributed by atoms with Gasteiger partial charge in [-0.25, -0.2) is 4.79 Å². The van der Waals surface area contributed by atoms with E-state index in [2.05, 4.69) is 6.07 Å². The Morgan fingerprint density at radius 3 is 2.69 bits per heavy atom. The highest BCUT2D eigenvalue weighted by Crippen LogP contribution is 2.21. The van der Waals surface area contributed by atoms with E-state index in [1.807, 2.05) is 30.3 Å². The second-order valence-corrected chi connectivity index (χ2v) is 6.46. The summed E-state index contributed by atoms with van der Waals surface area (Å²) in [7, 11) is 0. The molecule has 1 heterocycles. The highest BCUT2D eigenvalue weighted by atomic mass is 16.5. The number of ether oxygens (including phenoxy) is 1. The first-order valence-electron chi connectivity index (χ1n) is 8.60. The van der Waals surface area contributed by atoms with Gasteiger partial charge in [0, 0.05) is 25.4 Å². The lowest BCUT2D eigenvalue weighted by Crippen LogP contribution is -2.25. The van der Waals surface area contributed by atoms with E-state index in [0.29, 0.717) is 25.1 Å². The van der Waals surface area contributed by atoms with Gasteiger partial charge >= 0.3 is 5.97 Å². The molecule has 0 N–H and O–H groups in total. The Bertz CT molecular complexity index is 827. The van der Waals surface area contributed by atoms with Crippen molar-refractivity contribution >= 4 is 11.9 Å². The minimum Gasteiger partial charge on any atom is -0.462 e. The lowest BCUT2D eigenvalue weighted by Gasteiger charge is -2.16. The number of nitriles is 1. The van der Waals surface area contributed by atoms with Crippen LogP contribution in [-0.2, 0) is 22.5 Å². The summed E-state index contributed by atoms with van der Waals surface area (Å²) in [5.41, 5.74) is 2.31. The van der Waals surface area contributed by atoms with E-state index in [1.54, 1.807) is 29.2 Å². The summed E-state index contributed by atoms with van der Waals surface area (Å²) in [5.74, 6) is -0.317. The summed E-state index contributed by atoms with van der Waals surface area (Å²) in [6, 6.07) is 18.8. The maximum absolute atomic E-state index is 12.2. The molecule has 26 heavy (non-hydrogen) atoms. The molecule has 5 heteroatoms. The van der Waals surface area contributed by atoms with Crippen molar-refractivity contribution in [3.63, 3.8) is 0 Å². The lowest BCUT2D eigenvalue weighted by atomic mass is 10.1. The number of amides is 1. The smallest absolute Gasteiger partial charge is 0.338 e. The average Bonchev–Trinajstić information content (AvgIpc) is 3.00. The number of hydrogen-bond acceptors (Lipinski definition) is 4. The first kappa shape index (κ1) is 17.7. The fourth-order valence-corrected chi connectivity index (χ4v) is 3.10. The molecule has 5 nitrogen and oxygen atoms in total. The third-order valence-corrected chi connectivity index (χ3v) is 4.41. The van der Waals surface area contributed by atoms with E-state index >= 15 is 0 Å². The molecular weight excluding hydrogens is 328 g/mol. The third-order valence-electron chi connectivity index (χ3n) is 4.41. The van der Waals surface area contributed by atoms with Crippen LogP contribution in [-0.4, -0.2) is 29.9 Å². The number of carbonyl (C=O) groups excluding carboxylic acids is 2. The fraction of sp³-hybridized carbons (Fsp3) is 0.286. The van der Waals surface area contributed by atoms with Gasteiger partial charge in [0.15, 0.2) is 0 Å². The van der Waals surface area contributed by atoms with Crippen LogP contribution in [0.25, 0.3) is 0 Å². The van der Waals surface area contributed by atoms with Crippen molar-refractivity contribution in [2.75, 3.05) is 13.2 Å². The summed E-state index contributed by atoms with van der Waals surface area (Å²) in [5, 5.41) is 8.75. The Morgan fingerprint density at radius 1 is 1.15 bits per heavy atom. The SMILES string of the molecule is N#CCc1cccc(C(=O)OC[C@@H]2CC(=O)N(Cc3ccccc3)C2)c1. The van der Waals surface area contributed by atoms with Crippen LogP contribution in [0.15, 0.2) is 54.6 Å². The fourth-order valence-electron chi connectivity index (χ4n) is 3.10. The molecule has 3 rings (SSSR count). The molecule has 0 saturated carbocycles. The van der Waals surface area contributed by atoms with E-state index in [9.17, 15) is 9.59 Å². The monoisotopic (exact) mass is 348 g/mol. The largest absolute Gasteiger partial charge is 0.462 e. The van der Waals surface area contributed by atoms with Crippen molar-refractivity contribution in [3.8, 4) is 6.07 Å². The van der Waals surface area contributed by atoms with Crippen LogP contribution in [0.2, 0.25) is 0 Å². The van der Waals surface area contributed by atoms with Crippen LogP contribution in [0.1, 0.15) is 27.9 Å². The Balaban J connectivity index is 1.52. The van der Waals surface area contributed by atoms with Crippen LogP contribution < -0.4 is 0 Å². The Kier molecular flexibility index (Phi) is 5.65. The predicted octanol–water partition coefficient (Wildman–Crippen LogP) is 2.96. The molecule has 2 aromatic rings. The number of rotatable bonds is 6. The Morgan fingerprint density at radius 2 is 1.92 bits per heavy atom. The van der Waals surface area contributed by atoms with Crippen molar-refractivity contribution in [3.05, 3.63) is 71.3 Å². The quantitative estimate of drug-likeness (QED) is 0.753. The zero-order chi connectivity index (χ0) is 18.4. The van der Waals surface area contributed by atoms with Gasteiger partial charge in [-0.15, -0.1) is 0 Å². The second-order valence-electron chi connectivity index (χ2n) is 6.46. The van der Waals surface area contributed by atoms with Crippen molar-refractivity contribution in [1.82, 2.24) is 4.90 Å². The van der Waals surface area contributed by atoms with Gasteiger partial charge in [0.1, 0.15) is 0 Å². The van der Waals surface area contributed by atoms with E-state index in [4.69, 9.17) is 10.00 Å². The van der Waals surface area contributed by atoms with Crippen LogP contribution >= 0.6 is 0 Å². The second kappa shape index (κ2) is 8.30. The molecular formula is C21H20N2O3. The van der Waals surface area contributed by atoms with Crippen molar-refractivity contribution in [1.29, 1.82) is 5.26 Å². The van der Waals surface area contributed by atoms with Crippen molar-refractivity contribution in [2.24, 2.45) is 5.92 Å². The van der Waals surface area contributed by atoms with Crippen molar-refractivity contribution in [2.45, 2.75) is 19.4 Å². The van der Waals surface area contributed by atoms with E-state index in [0.717, 1.165) is 11.1 Å². The topological polar surface area (TPSA) is 70.4 Å². The van der Waals surface area contributed by atoms with Crippen molar-refractivity contribution < 1.29 is 14.3 Å². The number of nitrogens with zero attached hydrogens (tertiary/aromatic N) is 2. The number of benzene rings is 2. The molecule has 132 valence electrons. The molecule has 1 fully saturated rings. The van der Waals surface area contributed by atoms with E-state index in [1.165, 1.54) is 0 Å². The first-order valence-corrected chi connectivity index (χ1v) is 8.60. The van der Waals surface area contributed by atoms with Gasteiger partial charge < -0.3 is 9.64 Å². The van der Waals surface area contributed by atoms with Crippen LogP contribution in [0.4, 0.5) is 0 Å². The molecule has 1 saturated heterocycles. The summed E-state index contributed by atoms with van der Waals surface area (Å²) in [4.78, 5) is 26.2. The summed E-state index contributed by atoms with van der Waals surface area (Å²) >= 11 is 0. The highest BCUT2D eigenvalue weighted by molar-refractivity contribution is 5.89. The number of hydrogen-bond donors (Lipinski definition) is 0. The molecule has 0 unspecified atom stereocenters. The zero-order valence-electron chi connectivity index (χ0n) is 14.4. The van der Waals surface area contributed by atoms with Crippen LogP contribution in [0, 0.1) is 17.2 Å². The third kappa shape index (κ3) is 4.48. The molecule has 0 spiro atoms. The Hall–Kier alpha value is -3.13. The summed E-state index contributed by atoms with van der Waals surface area (Å²) < 4.78 is 5.39. The molecule has 1 aliphatic rings. The molecule has 0 radical (unpaired) electrons. The lowest BCUT2D eigenvalue weighted by molar-refractivity contribution is -0.128. The van der Waals surface area contributed by atoms with Gasteiger partial charge in [0.2, 0.25) is 5.91 Å². The molecule has 0 bridgehead atoms. The Labute approximate surface area is 152 Å². The highest BCUT2D eigenvalue weighted by Gasteiger charge is 2.30. The van der Waals surface area contributed by atoms with Gasteiger partial charge in [-0.2, -0.15) is 5.26 Å². The molecule has 1 amide bonds. The molecule has 2 aromatic carbocycles.